The Bertz CT molecular complexity index is 935. The van der Waals surface area contributed by atoms with Crippen LogP contribution in [0, 0.1) is 11.6 Å². The fourth-order valence-corrected chi connectivity index (χ4v) is 2.98. The van der Waals surface area contributed by atoms with E-state index in [-0.39, 0.29) is 5.91 Å². The monoisotopic (exact) mass is 390 g/mol. The highest BCUT2D eigenvalue weighted by molar-refractivity contribution is 8.00. The maximum Gasteiger partial charge on any atom is 0.255 e. The normalized spacial score (nSPS) is 10.4. The number of carbonyl (C=O) groups is 1. The Morgan fingerprint density at radius 3 is 2.35 bits per heavy atom. The van der Waals surface area contributed by atoms with Crippen LogP contribution in [0.1, 0.15) is 10.4 Å². The molecule has 0 saturated carbocycles. The van der Waals surface area contributed by atoms with Crippen molar-refractivity contribution in [2.24, 2.45) is 0 Å². The Hall–Kier alpha value is -2.57. The van der Waals surface area contributed by atoms with E-state index >= 15 is 0 Å². The molecule has 0 aliphatic carbocycles. The minimum absolute atomic E-state index is 0.257. The molecule has 0 spiro atoms. The third-order valence-corrected chi connectivity index (χ3v) is 4.47. The van der Waals surface area contributed by atoms with Crippen molar-refractivity contribution < 1.29 is 13.6 Å². The van der Waals surface area contributed by atoms with Crippen molar-refractivity contribution in [2.45, 2.75) is 4.90 Å². The fraction of sp³-hybridized carbons (Fsp3) is 0. The van der Waals surface area contributed by atoms with Gasteiger partial charge in [0.1, 0.15) is 0 Å². The first-order chi connectivity index (χ1) is 12.5. The molecule has 0 aliphatic heterocycles. The highest BCUT2D eigenvalue weighted by Crippen LogP contribution is 2.23. The maximum absolute atomic E-state index is 13.2. The van der Waals surface area contributed by atoms with Crippen LogP contribution in [0.4, 0.5) is 20.2 Å². The quantitative estimate of drug-likeness (QED) is 0.526. The molecule has 0 aromatic heterocycles. The molecule has 1 amide bonds. The van der Waals surface area contributed by atoms with Gasteiger partial charge in [0.2, 0.25) is 0 Å². The van der Waals surface area contributed by atoms with Gasteiger partial charge in [-0.05, 0) is 72.6 Å². The van der Waals surface area contributed by atoms with Gasteiger partial charge in [0.05, 0.1) is 0 Å². The Morgan fingerprint density at radius 2 is 1.65 bits per heavy atom. The van der Waals surface area contributed by atoms with Crippen LogP contribution in [0.3, 0.4) is 0 Å². The van der Waals surface area contributed by atoms with E-state index in [2.05, 4.69) is 10.0 Å². The summed E-state index contributed by atoms with van der Waals surface area (Å²) in [4.78, 5) is 12.8. The largest absolute Gasteiger partial charge is 0.326 e. The second kappa shape index (κ2) is 8.21. The predicted molar refractivity (Wildman–Crippen MR) is 102 cm³/mol. The maximum atomic E-state index is 13.2. The van der Waals surface area contributed by atoms with E-state index in [9.17, 15) is 13.6 Å². The minimum Gasteiger partial charge on any atom is -0.326 e. The molecule has 3 aromatic rings. The van der Waals surface area contributed by atoms with Gasteiger partial charge in [0, 0.05) is 26.9 Å². The summed E-state index contributed by atoms with van der Waals surface area (Å²) in [6.45, 7) is 0. The first-order valence-electron chi connectivity index (χ1n) is 7.56. The molecule has 0 fully saturated rings. The molecular formula is C19H13ClF2N2OS. The SMILES string of the molecule is O=C(Nc1cccc(Cl)c1)c1ccc(NSc2ccc(F)c(F)c2)cc1. The van der Waals surface area contributed by atoms with E-state index in [0.717, 1.165) is 29.8 Å². The number of nitrogens with one attached hydrogen (secondary N) is 2. The van der Waals surface area contributed by atoms with Gasteiger partial charge in [-0.2, -0.15) is 0 Å². The summed E-state index contributed by atoms with van der Waals surface area (Å²) in [6, 6.07) is 17.3. The number of carbonyl (C=O) groups excluding carboxylic acids is 1. The molecule has 0 saturated heterocycles. The molecule has 3 aromatic carbocycles. The molecule has 3 rings (SSSR count). The van der Waals surface area contributed by atoms with Gasteiger partial charge >= 0.3 is 0 Å². The highest BCUT2D eigenvalue weighted by Gasteiger charge is 2.07. The van der Waals surface area contributed by atoms with Crippen molar-refractivity contribution in [2.75, 3.05) is 10.0 Å². The van der Waals surface area contributed by atoms with E-state index in [1.54, 1.807) is 48.5 Å². The lowest BCUT2D eigenvalue weighted by molar-refractivity contribution is 0.102. The van der Waals surface area contributed by atoms with E-state index in [1.165, 1.54) is 6.07 Å². The van der Waals surface area contributed by atoms with Gasteiger partial charge in [0.25, 0.3) is 5.91 Å². The number of halogens is 3. The second-order valence-corrected chi connectivity index (χ2v) is 6.64. The van der Waals surface area contributed by atoms with Crippen molar-refractivity contribution in [3.05, 3.63) is 89.0 Å². The van der Waals surface area contributed by atoms with Gasteiger partial charge < -0.3 is 10.0 Å². The third-order valence-electron chi connectivity index (χ3n) is 3.41. The molecule has 2 N–H and O–H groups in total. The zero-order valence-corrected chi connectivity index (χ0v) is 14.9. The molecule has 0 radical (unpaired) electrons. The number of amides is 1. The molecule has 0 unspecified atom stereocenters. The Kier molecular flexibility index (Phi) is 5.75. The van der Waals surface area contributed by atoms with Gasteiger partial charge in [-0.15, -0.1) is 0 Å². The second-order valence-electron chi connectivity index (χ2n) is 5.32. The van der Waals surface area contributed by atoms with Crippen LogP contribution in [-0.4, -0.2) is 5.91 Å². The van der Waals surface area contributed by atoms with Gasteiger partial charge in [-0.1, -0.05) is 17.7 Å². The average molecular weight is 391 g/mol. The first kappa shape index (κ1) is 18.2. The number of anilines is 2. The Balaban J connectivity index is 1.60. The van der Waals surface area contributed by atoms with Crippen molar-refractivity contribution >= 4 is 40.8 Å². The first-order valence-corrected chi connectivity index (χ1v) is 8.75. The third kappa shape index (κ3) is 4.74. The molecule has 7 heteroatoms. The highest BCUT2D eigenvalue weighted by atomic mass is 35.5. The summed E-state index contributed by atoms with van der Waals surface area (Å²) >= 11 is 7.04. The zero-order valence-electron chi connectivity index (χ0n) is 13.3. The smallest absolute Gasteiger partial charge is 0.255 e. The van der Waals surface area contributed by atoms with Crippen molar-refractivity contribution in [3.63, 3.8) is 0 Å². The van der Waals surface area contributed by atoms with Crippen molar-refractivity contribution in [3.8, 4) is 0 Å². The topological polar surface area (TPSA) is 41.1 Å². The molecule has 0 bridgehead atoms. The van der Waals surface area contributed by atoms with E-state index < -0.39 is 11.6 Å². The fourth-order valence-electron chi connectivity index (χ4n) is 2.12. The van der Waals surface area contributed by atoms with E-state index in [0.29, 0.717) is 21.2 Å². The molecule has 26 heavy (non-hydrogen) atoms. The summed E-state index contributed by atoms with van der Waals surface area (Å²) < 4.78 is 29.1. The molecule has 3 nitrogen and oxygen atoms in total. The summed E-state index contributed by atoms with van der Waals surface area (Å²) in [5.41, 5.74) is 1.81. The van der Waals surface area contributed by atoms with Crippen molar-refractivity contribution in [1.82, 2.24) is 0 Å². The van der Waals surface area contributed by atoms with Crippen LogP contribution in [0.5, 0.6) is 0 Å². The standard InChI is InChI=1S/C19H13ClF2N2OS/c20-13-2-1-3-15(10-13)23-19(25)12-4-6-14(7-5-12)24-26-16-8-9-17(21)18(22)11-16/h1-11,24H,(H,23,25). The van der Waals surface area contributed by atoms with Gasteiger partial charge in [-0.3, -0.25) is 4.79 Å². The Labute approximate surface area is 158 Å². The molecule has 0 atom stereocenters. The van der Waals surface area contributed by atoms with Crippen LogP contribution in [0.15, 0.2) is 71.6 Å². The van der Waals surface area contributed by atoms with Gasteiger partial charge in [0.15, 0.2) is 11.6 Å². The van der Waals surface area contributed by atoms with E-state index in [4.69, 9.17) is 11.6 Å². The van der Waals surface area contributed by atoms with Crippen LogP contribution >= 0.6 is 23.5 Å². The number of hydrogen-bond donors (Lipinski definition) is 2. The predicted octanol–water partition coefficient (Wildman–Crippen LogP) is 5.99. The lowest BCUT2D eigenvalue weighted by Gasteiger charge is -2.08. The average Bonchev–Trinajstić information content (AvgIpc) is 2.63. The lowest BCUT2D eigenvalue weighted by atomic mass is 10.2. The van der Waals surface area contributed by atoms with Crippen LogP contribution < -0.4 is 10.0 Å². The summed E-state index contributed by atoms with van der Waals surface area (Å²) in [5, 5.41) is 3.30. The van der Waals surface area contributed by atoms with Crippen LogP contribution in [0.25, 0.3) is 0 Å². The summed E-state index contributed by atoms with van der Waals surface area (Å²) in [6.07, 6.45) is 0. The number of hydrogen-bond acceptors (Lipinski definition) is 3. The molecule has 0 heterocycles. The van der Waals surface area contributed by atoms with E-state index in [1.807, 2.05) is 0 Å². The Morgan fingerprint density at radius 1 is 0.885 bits per heavy atom. The van der Waals surface area contributed by atoms with Crippen molar-refractivity contribution in [1.29, 1.82) is 0 Å². The molecule has 0 aliphatic rings. The summed E-state index contributed by atoms with van der Waals surface area (Å²) in [7, 11) is 0. The van der Waals surface area contributed by atoms with Crippen LogP contribution in [0.2, 0.25) is 5.02 Å². The minimum atomic E-state index is -0.898. The zero-order chi connectivity index (χ0) is 18.5. The van der Waals surface area contributed by atoms with Crippen LogP contribution in [-0.2, 0) is 0 Å². The summed E-state index contributed by atoms with van der Waals surface area (Å²) in [5.74, 6) is -2.04. The molecular weight excluding hydrogens is 378 g/mol. The number of rotatable bonds is 5. The number of benzene rings is 3. The van der Waals surface area contributed by atoms with Gasteiger partial charge in [-0.25, -0.2) is 8.78 Å². The molecule has 132 valence electrons. The lowest BCUT2D eigenvalue weighted by Crippen LogP contribution is -2.11.